The highest BCUT2D eigenvalue weighted by molar-refractivity contribution is 9.09. The third-order valence-electron chi connectivity index (χ3n) is 1.38. The summed E-state index contributed by atoms with van der Waals surface area (Å²) in [6.07, 6.45) is 0. The van der Waals surface area contributed by atoms with E-state index in [1.54, 1.807) is 6.92 Å². The molecule has 2 N–H and O–H groups in total. The second-order valence-corrected chi connectivity index (χ2v) is 3.98. The van der Waals surface area contributed by atoms with Gasteiger partial charge in [-0.1, -0.05) is 39.1 Å². The highest BCUT2D eigenvalue weighted by Crippen LogP contribution is 2.20. The molecule has 4 nitrogen and oxygen atoms in total. The summed E-state index contributed by atoms with van der Waals surface area (Å²) >= 11 is 4.35. The summed E-state index contributed by atoms with van der Waals surface area (Å²) in [4.78, 5) is 15.9. The van der Waals surface area contributed by atoms with Crippen molar-refractivity contribution in [1.82, 2.24) is 4.98 Å². The first kappa shape index (κ1) is 12.0. The number of nitrogen functional groups attached to an aromatic ring is 1. The zero-order valence-electron chi connectivity index (χ0n) is 8.04. The minimum atomic E-state index is -0.482. The lowest BCUT2D eigenvalue weighted by Crippen LogP contribution is -2.06. The van der Waals surface area contributed by atoms with E-state index in [0.717, 1.165) is 0 Å². The van der Waals surface area contributed by atoms with Gasteiger partial charge in [0.1, 0.15) is 4.88 Å². The number of nitrogens with two attached hydrogens (primary N) is 1. The molecule has 1 aromatic heterocycles. The first-order valence-corrected chi connectivity index (χ1v) is 6.11. The van der Waals surface area contributed by atoms with Gasteiger partial charge in [-0.25, -0.2) is 9.78 Å². The highest BCUT2D eigenvalue weighted by Gasteiger charge is 2.16. The molecule has 1 heterocycles. The Morgan fingerprint density at radius 2 is 2.47 bits per heavy atom. The highest BCUT2D eigenvalue weighted by atomic mass is 79.9. The lowest BCUT2D eigenvalue weighted by Gasteiger charge is -1.97. The molecule has 0 fully saturated rings. The second-order valence-electron chi connectivity index (χ2n) is 2.39. The summed E-state index contributed by atoms with van der Waals surface area (Å²) in [7, 11) is 0. The Balaban J connectivity index is 3.00. The predicted molar refractivity (Wildman–Crippen MR) is 63.2 cm³/mol. The molecule has 0 saturated heterocycles. The van der Waals surface area contributed by atoms with Gasteiger partial charge < -0.3 is 10.5 Å². The van der Waals surface area contributed by atoms with E-state index in [2.05, 4.69) is 32.8 Å². The Bertz CT molecular complexity index is 419. The van der Waals surface area contributed by atoms with Crippen LogP contribution in [-0.4, -0.2) is 22.9 Å². The summed E-state index contributed by atoms with van der Waals surface area (Å²) in [5.74, 6) is 5.11. The topological polar surface area (TPSA) is 65.2 Å². The fraction of sp³-hybridized carbons (Fsp3) is 0.333. The van der Waals surface area contributed by atoms with Crippen LogP contribution in [-0.2, 0) is 4.74 Å². The Hall–Kier alpha value is -1.06. The van der Waals surface area contributed by atoms with E-state index in [4.69, 9.17) is 10.5 Å². The van der Waals surface area contributed by atoms with Gasteiger partial charge in [0.05, 0.1) is 11.9 Å². The number of halogens is 1. The van der Waals surface area contributed by atoms with Crippen LogP contribution in [0.1, 0.15) is 22.3 Å². The summed E-state index contributed by atoms with van der Waals surface area (Å²) in [6.45, 7) is 2.04. The molecular formula is C9H9BrN2O2S. The van der Waals surface area contributed by atoms with Crippen molar-refractivity contribution < 1.29 is 9.53 Å². The molecule has 80 valence electrons. The van der Waals surface area contributed by atoms with E-state index in [1.165, 1.54) is 11.3 Å². The van der Waals surface area contributed by atoms with E-state index >= 15 is 0 Å². The Morgan fingerprint density at radius 1 is 1.73 bits per heavy atom. The minimum Gasteiger partial charge on any atom is -0.461 e. The van der Waals surface area contributed by atoms with Crippen molar-refractivity contribution >= 4 is 38.4 Å². The first-order valence-electron chi connectivity index (χ1n) is 4.17. The van der Waals surface area contributed by atoms with Gasteiger partial charge in [-0.3, -0.25) is 0 Å². The van der Waals surface area contributed by atoms with Gasteiger partial charge in [0.2, 0.25) is 0 Å². The Morgan fingerprint density at radius 3 is 3.07 bits per heavy atom. The standard InChI is InChI=1S/C9H9BrN2O2S/c1-2-14-8(13)7-6(4-3-5-10)15-9(11)12-7/h2,5H2,1H3,(H2,11,12). The Labute approximate surface area is 100.0 Å². The number of alkyl halides is 1. The minimum absolute atomic E-state index is 0.202. The van der Waals surface area contributed by atoms with Crippen LogP contribution in [0.3, 0.4) is 0 Å². The normalized spacial score (nSPS) is 9.20. The number of aromatic nitrogens is 1. The fourth-order valence-electron chi connectivity index (χ4n) is 0.873. The largest absolute Gasteiger partial charge is 0.461 e. The molecule has 0 radical (unpaired) electrons. The lowest BCUT2D eigenvalue weighted by molar-refractivity contribution is 0.0520. The quantitative estimate of drug-likeness (QED) is 0.511. The van der Waals surface area contributed by atoms with Crippen molar-refractivity contribution in [3.63, 3.8) is 0 Å². The van der Waals surface area contributed by atoms with Crippen molar-refractivity contribution in [2.45, 2.75) is 6.92 Å². The molecule has 0 aromatic carbocycles. The van der Waals surface area contributed by atoms with Crippen molar-refractivity contribution in [3.8, 4) is 11.8 Å². The molecular weight excluding hydrogens is 280 g/mol. The van der Waals surface area contributed by atoms with Gasteiger partial charge in [0, 0.05) is 0 Å². The van der Waals surface area contributed by atoms with Crippen LogP contribution in [0, 0.1) is 11.8 Å². The molecule has 6 heteroatoms. The number of esters is 1. The van der Waals surface area contributed by atoms with E-state index in [0.29, 0.717) is 21.9 Å². The molecule has 1 rings (SSSR count). The van der Waals surface area contributed by atoms with Gasteiger partial charge in [-0.15, -0.1) is 0 Å². The molecule has 1 aromatic rings. The summed E-state index contributed by atoms with van der Waals surface area (Å²) in [6, 6.07) is 0. The van der Waals surface area contributed by atoms with Crippen LogP contribution in [0.4, 0.5) is 5.13 Å². The van der Waals surface area contributed by atoms with Crippen molar-refractivity contribution in [2.24, 2.45) is 0 Å². The van der Waals surface area contributed by atoms with Crippen LogP contribution in [0.15, 0.2) is 0 Å². The SMILES string of the molecule is CCOC(=O)c1nc(N)sc1C#CCBr. The number of nitrogens with zero attached hydrogens (tertiary/aromatic N) is 1. The number of thiazole rings is 1. The van der Waals surface area contributed by atoms with Crippen LogP contribution in [0.25, 0.3) is 0 Å². The molecule has 0 unspecified atom stereocenters. The van der Waals surface area contributed by atoms with Crippen molar-refractivity contribution in [2.75, 3.05) is 17.7 Å². The number of carbonyl (C=O) groups is 1. The van der Waals surface area contributed by atoms with Gasteiger partial charge >= 0.3 is 5.97 Å². The summed E-state index contributed by atoms with van der Waals surface area (Å²) in [5, 5.41) is 0.851. The maximum absolute atomic E-state index is 11.4. The molecule has 0 aliphatic carbocycles. The smallest absolute Gasteiger partial charge is 0.359 e. The average Bonchev–Trinajstić information content (AvgIpc) is 2.57. The third-order valence-corrected chi connectivity index (χ3v) is 2.46. The summed E-state index contributed by atoms with van der Waals surface area (Å²) < 4.78 is 4.83. The monoisotopic (exact) mass is 288 g/mol. The fourth-order valence-corrected chi connectivity index (χ4v) is 1.71. The van der Waals surface area contributed by atoms with Gasteiger partial charge in [-0.2, -0.15) is 0 Å². The van der Waals surface area contributed by atoms with Gasteiger partial charge in [-0.05, 0) is 6.92 Å². The number of ether oxygens (including phenoxy) is 1. The molecule has 0 atom stereocenters. The van der Waals surface area contributed by atoms with E-state index < -0.39 is 5.97 Å². The first-order chi connectivity index (χ1) is 7.19. The van der Waals surface area contributed by atoms with E-state index in [-0.39, 0.29) is 5.69 Å². The van der Waals surface area contributed by atoms with Gasteiger partial charge in [0.15, 0.2) is 10.8 Å². The van der Waals surface area contributed by atoms with Gasteiger partial charge in [0.25, 0.3) is 0 Å². The maximum Gasteiger partial charge on any atom is 0.359 e. The zero-order chi connectivity index (χ0) is 11.3. The molecule has 15 heavy (non-hydrogen) atoms. The third kappa shape index (κ3) is 3.22. The Kier molecular flexibility index (Phi) is 4.59. The average molecular weight is 289 g/mol. The number of anilines is 1. The van der Waals surface area contributed by atoms with Crippen LogP contribution in [0.2, 0.25) is 0 Å². The maximum atomic E-state index is 11.4. The number of hydrogen-bond acceptors (Lipinski definition) is 5. The molecule has 0 bridgehead atoms. The number of hydrogen-bond donors (Lipinski definition) is 1. The molecule has 0 amide bonds. The predicted octanol–water partition coefficient (Wildman–Crippen LogP) is 1.65. The molecule has 0 spiro atoms. The number of carbonyl (C=O) groups excluding carboxylic acids is 1. The van der Waals surface area contributed by atoms with Crippen LogP contribution < -0.4 is 5.73 Å². The zero-order valence-corrected chi connectivity index (χ0v) is 10.4. The summed E-state index contributed by atoms with van der Waals surface area (Å²) in [5.41, 5.74) is 5.71. The van der Waals surface area contributed by atoms with Crippen molar-refractivity contribution in [3.05, 3.63) is 10.6 Å². The number of rotatable bonds is 2. The molecule has 0 aliphatic heterocycles. The van der Waals surface area contributed by atoms with Crippen LogP contribution >= 0.6 is 27.3 Å². The molecule has 0 saturated carbocycles. The van der Waals surface area contributed by atoms with E-state index in [1.807, 2.05) is 0 Å². The van der Waals surface area contributed by atoms with E-state index in [9.17, 15) is 4.79 Å². The van der Waals surface area contributed by atoms with Crippen molar-refractivity contribution in [1.29, 1.82) is 0 Å². The van der Waals surface area contributed by atoms with Crippen LogP contribution in [0.5, 0.6) is 0 Å². The lowest BCUT2D eigenvalue weighted by atomic mass is 10.3. The molecule has 0 aliphatic rings. The second kappa shape index (κ2) is 5.73.